The average molecular weight is 488 g/mol. The van der Waals surface area contributed by atoms with Crippen molar-refractivity contribution in [1.82, 2.24) is 4.72 Å². The Morgan fingerprint density at radius 2 is 1.85 bits per heavy atom. The maximum Gasteiger partial charge on any atom is 0.344 e. The van der Waals surface area contributed by atoms with Crippen LogP contribution in [0.25, 0.3) is 0 Å². The van der Waals surface area contributed by atoms with Crippen LogP contribution < -0.4 is 14.8 Å². The number of benzene rings is 2. The fourth-order valence-corrected chi connectivity index (χ4v) is 4.51. The first-order valence-corrected chi connectivity index (χ1v) is 12.7. The van der Waals surface area contributed by atoms with Gasteiger partial charge in [0.2, 0.25) is 0 Å². The lowest BCUT2D eigenvalue weighted by molar-refractivity contribution is -0.149. The molecule has 182 valence electrons. The van der Waals surface area contributed by atoms with Crippen molar-refractivity contribution in [1.29, 1.82) is 0 Å². The highest BCUT2D eigenvalue weighted by atomic mass is 32.2. The Balaban J connectivity index is 1.50. The third-order valence-corrected chi connectivity index (χ3v) is 6.50. The number of aryl methyl sites for hydroxylation is 1. The van der Waals surface area contributed by atoms with Crippen LogP contribution in [0.3, 0.4) is 0 Å². The molecule has 1 aliphatic rings. The minimum atomic E-state index is -3.83. The molecule has 0 bridgehead atoms. The second-order valence-electron chi connectivity index (χ2n) is 7.73. The van der Waals surface area contributed by atoms with Gasteiger partial charge in [-0.2, -0.15) is 0 Å². The third-order valence-electron chi connectivity index (χ3n) is 5.12. The summed E-state index contributed by atoms with van der Waals surface area (Å²) >= 11 is 0. The number of hydrogen-bond donors (Lipinski definition) is 2. The Bertz CT molecular complexity index is 1150. The number of sulfonamides is 1. The maximum atomic E-state index is 12.7. The van der Waals surface area contributed by atoms with Crippen LogP contribution in [0.4, 0.5) is 5.69 Å². The monoisotopic (exact) mass is 487 g/mol. The molecule has 0 spiro atoms. The van der Waals surface area contributed by atoms with Crippen molar-refractivity contribution >= 4 is 33.4 Å². The summed E-state index contributed by atoms with van der Waals surface area (Å²) in [6.45, 7) is 1.73. The molecule has 2 N–H and O–H groups in total. The largest absolute Gasteiger partial charge is 0.482 e. The number of para-hydroxylation sites is 1. The molecule has 1 aliphatic heterocycles. The van der Waals surface area contributed by atoms with Gasteiger partial charge in [-0.25, -0.2) is 13.2 Å². The number of amidine groups is 1. The SMILES string of the molecule is CCc1ccccc1OCC(=O)OCC(=O)Nc1cccc(S(=O)(=O)NC2=NCCCCC2)c1. The van der Waals surface area contributed by atoms with Gasteiger partial charge in [0.25, 0.3) is 15.9 Å². The van der Waals surface area contributed by atoms with Crippen LogP contribution in [-0.2, 0) is 30.8 Å². The molecule has 2 aromatic rings. The minimum Gasteiger partial charge on any atom is -0.482 e. The summed E-state index contributed by atoms with van der Waals surface area (Å²) in [6.07, 6.45) is 4.17. The van der Waals surface area contributed by atoms with Crippen molar-refractivity contribution in [3.63, 3.8) is 0 Å². The smallest absolute Gasteiger partial charge is 0.344 e. The predicted octanol–water partition coefficient (Wildman–Crippen LogP) is 3.06. The summed E-state index contributed by atoms with van der Waals surface area (Å²) in [4.78, 5) is 28.4. The van der Waals surface area contributed by atoms with E-state index in [0.29, 0.717) is 24.6 Å². The van der Waals surface area contributed by atoms with Gasteiger partial charge in [-0.1, -0.05) is 37.6 Å². The standard InChI is InChI=1S/C24H29N3O6S/c1-2-18-9-5-6-12-21(18)32-17-24(29)33-16-23(28)26-19-10-8-11-20(15-19)34(30,31)27-22-13-4-3-7-14-25-22/h5-6,8-12,15H,2-4,7,13-14,16-17H2,1H3,(H,25,27)(H,26,28). The molecule has 10 heteroatoms. The lowest BCUT2D eigenvalue weighted by Gasteiger charge is -2.12. The maximum absolute atomic E-state index is 12.7. The second kappa shape index (κ2) is 12.2. The molecule has 0 aliphatic carbocycles. The van der Waals surface area contributed by atoms with E-state index in [-0.39, 0.29) is 17.2 Å². The van der Waals surface area contributed by atoms with Crippen LogP contribution in [0.15, 0.2) is 58.4 Å². The number of nitrogens with one attached hydrogen (secondary N) is 2. The van der Waals surface area contributed by atoms with Gasteiger partial charge in [0.1, 0.15) is 11.6 Å². The van der Waals surface area contributed by atoms with Crippen LogP contribution >= 0.6 is 0 Å². The zero-order valence-corrected chi connectivity index (χ0v) is 19.9. The molecule has 0 unspecified atom stereocenters. The quantitative estimate of drug-likeness (QED) is 0.524. The lowest BCUT2D eigenvalue weighted by atomic mass is 10.1. The van der Waals surface area contributed by atoms with Gasteiger partial charge in [0.15, 0.2) is 13.2 Å². The number of rotatable bonds is 9. The van der Waals surface area contributed by atoms with Crippen molar-refractivity contribution in [2.75, 3.05) is 25.1 Å². The number of hydrogen-bond acceptors (Lipinski definition) is 7. The Morgan fingerprint density at radius 3 is 2.68 bits per heavy atom. The van der Waals surface area contributed by atoms with Gasteiger partial charge in [0, 0.05) is 18.7 Å². The number of nitrogens with zero attached hydrogens (tertiary/aromatic N) is 1. The van der Waals surface area contributed by atoms with Crippen molar-refractivity contribution in [2.45, 2.75) is 43.9 Å². The average Bonchev–Trinajstić information content (AvgIpc) is 3.10. The number of aliphatic imine (C=N–C) groups is 1. The molecule has 1 amide bonds. The number of anilines is 1. The number of carbonyl (C=O) groups excluding carboxylic acids is 2. The van der Waals surface area contributed by atoms with Gasteiger partial charge in [-0.15, -0.1) is 0 Å². The molecular weight excluding hydrogens is 458 g/mol. The number of ether oxygens (including phenoxy) is 2. The van der Waals surface area contributed by atoms with Crippen LogP contribution in [0.5, 0.6) is 5.75 Å². The highest BCUT2D eigenvalue weighted by Gasteiger charge is 2.18. The topological polar surface area (TPSA) is 123 Å². The van der Waals surface area contributed by atoms with Crippen molar-refractivity contribution in [3.05, 3.63) is 54.1 Å². The Morgan fingerprint density at radius 1 is 1.03 bits per heavy atom. The van der Waals surface area contributed by atoms with Crippen molar-refractivity contribution in [2.24, 2.45) is 4.99 Å². The highest BCUT2D eigenvalue weighted by molar-refractivity contribution is 7.90. The molecule has 3 rings (SSSR count). The molecule has 0 atom stereocenters. The van der Waals surface area contributed by atoms with Crippen LogP contribution in [0.2, 0.25) is 0 Å². The minimum absolute atomic E-state index is 0.00256. The number of esters is 1. The highest BCUT2D eigenvalue weighted by Crippen LogP contribution is 2.18. The lowest BCUT2D eigenvalue weighted by Crippen LogP contribution is -2.30. The van der Waals surface area contributed by atoms with E-state index < -0.39 is 28.5 Å². The molecule has 1 heterocycles. The zero-order chi connectivity index (χ0) is 24.4. The van der Waals surface area contributed by atoms with E-state index in [1.54, 1.807) is 18.2 Å². The van der Waals surface area contributed by atoms with E-state index in [9.17, 15) is 18.0 Å². The van der Waals surface area contributed by atoms with Gasteiger partial charge in [-0.05, 0) is 49.1 Å². The molecule has 34 heavy (non-hydrogen) atoms. The Hall–Kier alpha value is -3.40. The molecule has 0 saturated carbocycles. The summed E-state index contributed by atoms with van der Waals surface area (Å²) in [5, 5.41) is 2.54. The van der Waals surface area contributed by atoms with Gasteiger partial charge in [0.05, 0.1) is 4.90 Å². The Labute approximate surface area is 199 Å². The summed E-state index contributed by atoms with van der Waals surface area (Å²) in [5.74, 6) is -0.251. The van der Waals surface area contributed by atoms with Crippen LogP contribution in [0, 0.1) is 0 Å². The van der Waals surface area contributed by atoms with E-state index in [0.717, 1.165) is 31.2 Å². The summed E-state index contributed by atoms with van der Waals surface area (Å²) in [6, 6.07) is 13.2. The van der Waals surface area contributed by atoms with Crippen molar-refractivity contribution in [3.8, 4) is 5.75 Å². The molecule has 0 fully saturated rings. The van der Waals surface area contributed by atoms with Gasteiger partial charge in [-0.3, -0.25) is 14.5 Å². The molecule has 9 nitrogen and oxygen atoms in total. The number of amides is 1. The molecule has 2 aromatic carbocycles. The first kappa shape index (κ1) is 25.2. The summed E-state index contributed by atoms with van der Waals surface area (Å²) in [7, 11) is -3.83. The third kappa shape index (κ3) is 7.58. The number of carbonyl (C=O) groups is 2. The van der Waals surface area contributed by atoms with E-state index in [4.69, 9.17) is 9.47 Å². The molecule has 0 aromatic heterocycles. The summed E-state index contributed by atoms with van der Waals surface area (Å²) in [5.41, 5.74) is 1.23. The fraction of sp³-hybridized carbons (Fsp3) is 0.375. The first-order valence-electron chi connectivity index (χ1n) is 11.2. The van der Waals surface area contributed by atoms with E-state index in [2.05, 4.69) is 15.0 Å². The van der Waals surface area contributed by atoms with Crippen molar-refractivity contribution < 1.29 is 27.5 Å². The van der Waals surface area contributed by atoms with Gasteiger partial charge >= 0.3 is 5.97 Å². The fourth-order valence-electron chi connectivity index (χ4n) is 3.37. The molecular formula is C24H29N3O6S. The molecule has 0 radical (unpaired) electrons. The second-order valence-corrected chi connectivity index (χ2v) is 9.41. The molecule has 0 saturated heterocycles. The van der Waals surface area contributed by atoms with Crippen LogP contribution in [-0.4, -0.2) is 45.9 Å². The first-order chi connectivity index (χ1) is 16.4. The normalized spacial score (nSPS) is 13.9. The van der Waals surface area contributed by atoms with Gasteiger partial charge < -0.3 is 14.8 Å². The van der Waals surface area contributed by atoms with E-state index >= 15 is 0 Å². The van der Waals surface area contributed by atoms with E-state index in [1.165, 1.54) is 18.2 Å². The Kier molecular flexibility index (Phi) is 9.03. The zero-order valence-electron chi connectivity index (χ0n) is 19.1. The predicted molar refractivity (Wildman–Crippen MR) is 128 cm³/mol. The summed E-state index contributed by atoms with van der Waals surface area (Å²) < 4.78 is 38.4. The van der Waals surface area contributed by atoms with Crippen LogP contribution in [0.1, 0.15) is 38.2 Å². The van der Waals surface area contributed by atoms with E-state index in [1.807, 2.05) is 19.1 Å².